The Kier molecular flexibility index (Phi) is 3.23. The standard InChI is InChI=1S/C16H13NO4/c18-11-6-7-12-13(8-11)17-16(20)14(19)15(12)21-9-10-4-2-1-3-5-10/h1-8,18-19H,9H2,(H,17,20). The number of fused-ring (bicyclic) bond motifs is 1. The van der Waals surface area contributed by atoms with Crippen molar-refractivity contribution in [1.82, 2.24) is 4.98 Å². The number of phenolic OH excluding ortho intramolecular Hbond substituents is 1. The van der Waals surface area contributed by atoms with E-state index in [1.54, 1.807) is 6.07 Å². The lowest BCUT2D eigenvalue weighted by atomic mass is 10.2. The highest BCUT2D eigenvalue weighted by atomic mass is 16.5. The molecule has 1 heterocycles. The third kappa shape index (κ3) is 2.53. The summed E-state index contributed by atoms with van der Waals surface area (Å²) >= 11 is 0. The summed E-state index contributed by atoms with van der Waals surface area (Å²) in [5.74, 6) is -0.334. The van der Waals surface area contributed by atoms with Gasteiger partial charge in [-0.3, -0.25) is 4.79 Å². The van der Waals surface area contributed by atoms with Crippen molar-refractivity contribution in [2.24, 2.45) is 0 Å². The fourth-order valence-electron chi connectivity index (χ4n) is 2.12. The normalized spacial score (nSPS) is 10.7. The summed E-state index contributed by atoms with van der Waals surface area (Å²) in [4.78, 5) is 14.2. The van der Waals surface area contributed by atoms with E-state index in [-0.39, 0.29) is 18.1 Å². The van der Waals surface area contributed by atoms with Crippen LogP contribution in [-0.2, 0) is 6.61 Å². The fourth-order valence-corrected chi connectivity index (χ4v) is 2.12. The average molecular weight is 283 g/mol. The van der Waals surface area contributed by atoms with E-state index >= 15 is 0 Å². The van der Waals surface area contributed by atoms with Gasteiger partial charge in [0.1, 0.15) is 12.4 Å². The van der Waals surface area contributed by atoms with Crippen LogP contribution in [0.15, 0.2) is 53.3 Å². The van der Waals surface area contributed by atoms with Gasteiger partial charge in [-0.15, -0.1) is 0 Å². The highest BCUT2D eigenvalue weighted by Gasteiger charge is 2.13. The number of aromatic amines is 1. The van der Waals surface area contributed by atoms with Crippen molar-refractivity contribution in [2.45, 2.75) is 6.61 Å². The van der Waals surface area contributed by atoms with Crippen molar-refractivity contribution in [3.8, 4) is 17.2 Å². The maximum Gasteiger partial charge on any atom is 0.294 e. The smallest absolute Gasteiger partial charge is 0.294 e. The number of pyridine rings is 1. The molecule has 5 heteroatoms. The second-order valence-electron chi connectivity index (χ2n) is 4.64. The highest BCUT2D eigenvalue weighted by Crippen LogP contribution is 2.32. The molecule has 3 aromatic rings. The van der Waals surface area contributed by atoms with Gasteiger partial charge in [-0.25, -0.2) is 0 Å². The molecule has 1 aromatic heterocycles. The number of hydrogen-bond acceptors (Lipinski definition) is 4. The van der Waals surface area contributed by atoms with Crippen LogP contribution in [0.3, 0.4) is 0 Å². The monoisotopic (exact) mass is 283 g/mol. The molecule has 0 radical (unpaired) electrons. The Labute approximate surface area is 120 Å². The van der Waals surface area contributed by atoms with Crippen LogP contribution in [0.5, 0.6) is 17.2 Å². The Morgan fingerprint density at radius 2 is 1.81 bits per heavy atom. The minimum atomic E-state index is -0.656. The van der Waals surface area contributed by atoms with Crippen molar-refractivity contribution in [1.29, 1.82) is 0 Å². The molecule has 0 aliphatic rings. The second kappa shape index (κ2) is 5.20. The average Bonchev–Trinajstić information content (AvgIpc) is 2.49. The number of aromatic hydroxyl groups is 2. The van der Waals surface area contributed by atoms with Crippen molar-refractivity contribution in [2.75, 3.05) is 0 Å². The summed E-state index contributed by atoms with van der Waals surface area (Å²) in [6.07, 6.45) is 0. The number of nitrogens with one attached hydrogen (secondary N) is 1. The second-order valence-corrected chi connectivity index (χ2v) is 4.64. The lowest BCUT2D eigenvalue weighted by molar-refractivity contribution is 0.291. The summed E-state index contributed by atoms with van der Waals surface area (Å²) in [7, 11) is 0. The van der Waals surface area contributed by atoms with Gasteiger partial charge >= 0.3 is 0 Å². The highest BCUT2D eigenvalue weighted by molar-refractivity contribution is 5.88. The predicted octanol–water partition coefficient (Wildman–Crippen LogP) is 2.52. The van der Waals surface area contributed by atoms with Gasteiger partial charge in [0.05, 0.1) is 5.52 Å². The van der Waals surface area contributed by atoms with E-state index in [0.717, 1.165) is 5.56 Å². The number of ether oxygens (including phenoxy) is 1. The zero-order chi connectivity index (χ0) is 14.8. The first-order valence-electron chi connectivity index (χ1n) is 6.40. The first-order chi connectivity index (χ1) is 10.1. The Morgan fingerprint density at radius 1 is 1.05 bits per heavy atom. The molecule has 0 saturated carbocycles. The minimum absolute atomic E-state index is 0.0258. The molecule has 0 atom stereocenters. The van der Waals surface area contributed by atoms with Crippen LogP contribution >= 0.6 is 0 Å². The zero-order valence-corrected chi connectivity index (χ0v) is 11.0. The van der Waals surface area contributed by atoms with Crippen LogP contribution in [0.25, 0.3) is 10.9 Å². The Balaban J connectivity index is 2.04. The van der Waals surface area contributed by atoms with E-state index in [1.807, 2.05) is 30.3 Å². The summed E-state index contributed by atoms with van der Waals surface area (Å²) in [5, 5.41) is 19.9. The Morgan fingerprint density at radius 3 is 2.57 bits per heavy atom. The lowest BCUT2D eigenvalue weighted by Crippen LogP contribution is -2.08. The number of rotatable bonds is 3. The van der Waals surface area contributed by atoms with Crippen LogP contribution in [0.1, 0.15) is 5.56 Å². The lowest BCUT2D eigenvalue weighted by Gasteiger charge is -2.11. The van der Waals surface area contributed by atoms with Gasteiger partial charge in [-0.2, -0.15) is 0 Å². The van der Waals surface area contributed by atoms with Crippen molar-refractivity contribution < 1.29 is 14.9 Å². The molecule has 0 unspecified atom stereocenters. The van der Waals surface area contributed by atoms with E-state index in [4.69, 9.17) is 4.74 Å². The number of hydrogen-bond donors (Lipinski definition) is 3. The third-order valence-corrected chi connectivity index (χ3v) is 3.15. The predicted molar refractivity (Wildman–Crippen MR) is 78.7 cm³/mol. The molecule has 0 aliphatic heterocycles. The molecule has 0 saturated heterocycles. The van der Waals surface area contributed by atoms with Crippen LogP contribution in [0, 0.1) is 0 Å². The van der Waals surface area contributed by atoms with E-state index in [1.165, 1.54) is 12.1 Å². The van der Waals surface area contributed by atoms with Gasteiger partial charge in [-0.1, -0.05) is 30.3 Å². The molecule has 3 rings (SSSR count). The van der Waals surface area contributed by atoms with Crippen LogP contribution < -0.4 is 10.3 Å². The van der Waals surface area contributed by atoms with Gasteiger partial charge in [0, 0.05) is 11.5 Å². The van der Waals surface area contributed by atoms with Crippen LogP contribution in [0.4, 0.5) is 0 Å². The maximum absolute atomic E-state index is 11.7. The SMILES string of the molecule is O=c1[nH]c2cc(O)ccc2c(OCc2ccccc2)c1O. The van der Waals surface area contributed by atoms with Crippen molar-refractivity contribution >= 4 is 10.9 Å². The molecule has 0 bridgehead atoms. The van der Waals surface area contributed by atoms with Gasteiger partial charge in [0.15, 0.2) is 5.75 Å². The molecule has 0 spiro atoms. The van der Waals surface area contributed by atoms with Crippen LogP contribution in [-0.4, -0.2) is 15.2 Å². The van der Waals surface area contributed by atoms with E-state index in [2.05, 4.69) is 4.98 Å². The van der Waals surface area contributed by atoms with Gasteiger partial charge in [-0.05, 0) is 17.7 Å². The topological polar surface area (TPSA) is 82.6 Å². The fraction of sp³-hybridized carbons (Fsp3) is 0.0625. The summed E-state index contributed by atoms with van der Waals surface area (Å²) in [5.41, 5.74) is 0.668. The Bertz CT molecular complexity index is 840. The molecule has 0 fully saturated rings. The molecular weight excluding hydrogens is 270 g/mol. The van der Waals surface area contributed by atoms with Gasteiger partial charge in [0.2, 0.25) is 5.75 Å². The molecule has 0 amide bonds. The largest absolute Gasteiger partial charge is 0.508 e. The summed E-state index contributed by atoms with van der Waals surface area (Å²) in [6, 6.07) is 13.9. The molecule has 21 heavy (non-hydrogen) atoms. The van der Waals surface area contributed by atoms with E-state index in [0.29, 0.717) is 10.9 Å². The van der Waals surface area contributed by atoms with Gasteiger partial charge in [0.25, 0.3) is 5.56 Å². The molecule has 5 nitrogen and oxygen atoms in total. The molecule has 3 N–H and O–H groups in total. The molecule has 0 aliphatic carbocycles. The van der Waals surface area contributed by atoms with Crippen LogP contribution in [0.2, 0.25) is 0 Å². The number of benzene rings is 2. The summed E-state index contributed by atoms with van der Waals surface area (Å²) in [6.45, 7) is 0.230. The molecule has 2 aromatic carbocycles. The molecular formula is C16H13NO4. The van der Waals surface area contributed by atoms with E-state index in [9.17, 15) is 15.0 Å². The van der Waals surface area contributed by atoms with Gasteiger partial charge < -0.3 is 19.9 Å². The first-order valence-corrected chi connectivity index (χ1v) is 6.40. The quantitative estimate of drug-likeness (QED) is 0.689. The Hall–Kier alpha value is -2.95. The molecule has 106 valence electrons. The third-order valence-electron chi connectivity index (χ3n) is 3.15. The van der Waals surface area contributed by atoms with E-state index < -0.39 is 11.3 Å². The minimum Gasteiger partial charge on any atom is -0.508 e. The first kappa shape index (κ1) is 13.1. The maximum atomic E-state index is 11.7. The number of phenols is 1. The number of H-pyrrole nitrogens is 1. The van der Waals surface area contributed by atoms with Crippen molar-refractivity contribution in [3.05, 3.63) is 64.4 Å². The van der Waals surface area contributed by atoms with Crippen molar-refractivity contribution in [3.63, 3.8) is 0 Å². The summed E-state index contributed by atoms with van der Waals surface area (Å²) < 4.78 is 5.61. The zero-order valence-electron chi connectivity index (χ0n) is 11.0. The number of aromatic nitrogens is 1.